The maximum Gasteiger partial charge on any atom is 0.472 e. The van der Waals surface area contributed by atoms with Crippen LogP contribution in [0.2, 0.25) is 0 Å². The number of phosphoric acid groups is 1. The van der Waals surface area contributed by atoms with E-state index in [-0.39, 0.29) is 23.1 Å². The largest absolute Gasteiger partial charge is 0.472 e. The quantitative estimate of drug-likeness (QED) is 0.0513. The second-order valence-corrected chi connectivity index (χ2v) is 13.9. The van der Waals surface area contributed by atoms with Gasteiger partial charge in [0.1, 0.15) is 41.1 Å². The van der Waals surface area contributed by atoms with Crippen LogP contribution in [0, 0.1) is 0 Å². The van der Waals surface area contributed by atoms with E-state index >= 15 is 0 Å². The molecule has 1 aliphatic heterocycles. The number of hydrogen-bond donors (Lipinski definition) is 5. The number of aliphatic hydroxyl groups is 2. The molecule has 1 fully saturated rings. The van der Waals surface area contributed by atoms with E-state index in [4.69, 9.17) is 42.2 Å². The van der Waals surface area contributed by atoms with Crippen LogP contribution in [0.3, 0.4) is 0 Å². The third-order valence-corrected chi connectivity index (χ3v) is 9.45. The van der Waals surface area contributed by atoms with Gasteiger partial charge in [-0.15, -0.1) is 0 Å². The molecule has 2 aromatic rings. The lowest BCUT2D eigenvalue weighted by molar-refractivity contribution is -0.0513. The number of nitrogens with zero attached hydrogens (tertiary/aromatic N) is 3. The van der Waals surface area contributed by atoms with Crippen LogP contribution >= 0.6 is 20.0 Å². The summed E-state index contributed by atoms with van der Waals surface area (Å²) in [5.74, 6) is 0.137. The molecule has 262 valence electrons. The highest BCUT2D eigenvalue weighted by Gasteiger charge is 2.45. The molecule has 0 saturated carbocycles. The molecular weight excluding hydrogens is 633 g/mol. The number of nitrogens with two attached hydrogens (primary N) is 2. The number of ether oxygens (including phenoxy) is 2. The van der Waals surface area contributed by atoms with E-state index in [0.29, 0.717) is 30.6 Å². The highest BCUT2D eigenvalue weighted by molar-refractivity contribution is 7.80. The Morgan fingerprint density at radius 2 is 1.50 bits per heavy atom. The van der Waals surface area contributed by atoms with Crippen molar-refractivity contribution >= 4 is 41.9 Å². The first-order valence-corrected chi connectivity index (χ1v) is 18.7. The fourth-order valence-electron chi connectivity index (χ4n) is 5.63. The summed E-state index contributed by atoms with van der Waals surface area (Å²) >= 11 is 5.11. The minimum atomic E-state index is -4.44. The number of aliphatic hydroxyl groups excluding tert-OH is 2. The third-order valence-electron chi connectivity index (χ3n) is 8.25. The highest BCUT2D eigenvalue weighted by atomic mass is 32.1. The molecule has 5 atom stereocenters. The summed E-state index contributed by atoms with van der Waals surface area (Å²) in [6, 6.07) is 0. The Hall–Kier alpha value is -1.74. The first-order valence-electron chi connectivity index (χ1n) is 16.8. The number of fused-ring (bicyclic) bond motifs is 1. The fraction of sp³-hybridized carbons (Fsp3) is 0.774. The maximum atomic E-state index is 12.4. The Morgan fingerprint density at radius 3 is 2.11 bits per heavy atom. The van der Waals surface area contributed by atoms with Crippen molar-refractivity contribution in [2.75, 3.05) is 32.2 Å². The molecule has 13 nitrogen and oxygen atoms in total. The van der Waals surface area contributed by atoms with Crippen molar-refractivity contribution in [3.63, 3.8) is 0 Å². The zero-order valence-corrected chi connectivity index (χ0v) is 28.8. The molecule has 1 unspecified atom stereocenters. The van der Waals surface area contributed by atoms with Gasteiger partial charge in [-0.3, -0.25) is 9.05 Å². The van der Waals surface area contributed by atoms with Crippen molar-refractivity contribution in [1.82, 2.24) is 14.5 Å². The summed E-state index contributed by atoms with van der Waals surface area (Å²) < 4.78 is 35.3. The van der Waals surface area contributed by atoms with Gasteiger partial charge in [-0.2, -0.15) is 0 Å². The zero-order valence-electron chi connectivity index (χ0n) is 27.1. The molecule has 46 heavy (non-hydrogen) atoms. The first kappa shape index (κ1) is 38.7. The molecule has 1 aliphatic rings. The van der Waals surface area contributed by atoms with E-state index in [2.05, 4.69) is 16.9 Å². The van der Waals surface area contributed by atoms with E-state index in [1.54, 1.807) is 0 Å². The molecule has 0 amide bonds. The van der Waals surface area contributed by atoms with Gasteiger partial charge in [0.25, 0.3) is 0 Å². The van der Waals surface area contributed by atoms with Gasteiger partial charge in [0, 0.05) is 25.0 Å². The summed E-state index contributed by atoms with van der Waals surface area (Å²) in [7, 11) is -4.44. The Balaban J connectivity index is 1.24. The van der Waals surface area contributed by atoms with E-state index in [0.717, 1.165) is 12.8 Å². The van der Waals surface area contributed by atoms with E-state index in [1.807, 2.05) is 0 Å². The maximum absolute atomic E-state index is 12.4. The molecule has 2 aromatic heterocycles. The topological polar surface area (TPSA) is 197 Å². The van der Waals surface area contributed by atoms with Crippen LogP contribution in [0.4, 0.5) is 5.82 Å². The van der Waals surface area contributed by atoms with Gasteiger partial charge in [-0.1, -0.05) is 103 Å². The van der Waals surface area contributed by atoms with Crippen molar-refractivity contribution in [2.24, 2.45) is 5.73 Å². The average Bonchev–Trinajstić information content (AvgIpc) is 3.55. The van der Waals surface area contributed by atoms with Gasteiger partial charge in [0.2, 0.25) is 0 Å². The molecule has 0 radical (unpaired) electrons. The Kier molecular flexibility index (Phi) is 17.3. The van der Waals surface area contributed by atoms with Crippen LogP contribution in [0.25, 0.3) is 11.0 Å². The second-order valence-electron chi connectivity index (χ2n) is 12.0. The summed E-state index contributed by atoms with van der Waals surface area (Å²) in [6.07, 6.45) is 16.3. The monoisotopic (exact) mass is 687 g/mol. The van der Waals surface area contributed by atoms with Crippen LogP contribution in [0.1, 0.15) is 115 Å². The lowest BCUT2D eigenvalue weighted by atomic mass is 10.0. The molecule has 1 saturated heterocycles. The SMILES string of the molecule is CCCCCCCCCCCCCCCCOCCCOP(=O)(O)OC[C@H]1O[C@@H](n2cc(C(N)=S)c3c(N)ncnc32)[C@H](O)[C@@H]1O. The number of aromatic nitrogens is 3. The van der Waals surface area contributed by atoms with E-state index in [9.17, 15) is 19.7 Å². The van der Waals surface area contributed by atoms with Gasteiger partial charge in [0.15, 0.2) is 6.23 Å². The van der Waals surface area contributed by atoms with Crippen molar-refractivity contribution in [2.45, 2.75) is 128 Å². The smallest absolute Gasteiger partial charge is 0.389 e. The average molecular weight is 688 g/mol. The predicted octanol–water partition coefficient (Wildman–Crippen LogP) is 5.29. The van der Waals surface area contributed by atoms with Crippen molar-refractivity contribution in [3.8, 4) is 0 Å². The Morgan fingerprint density at radius 1 is 0.913 bits per heavy atom. The van der Waals surface area contributed by atoms with Crippen molar-refractivity contribution < 1.29 is 38.2 Å². The normalized spacial score (nSPS) is 21.2. The Bertz CT molecular complexity index is 1240. The summed E-state index contributed by atoms with van der Waals surface area (Å²) in [5.41, 5.74) is 12.5. The molecule has 15 heteroatoms. The first-order chi connectivity index (χ1) is 22.2. The summed E-state index contributed by atoms with van der Waals surface area (Å²) in [6.45, 7) is 2.77. The van der Waals surface area contributed by atoms with Gasteiger partial charge in [-0.05, 0) is 12.8 Å². The number of unbranched alkanes of at least 4 members (excludes halogenated alkanes) is 13. The molecule has 0 aliphatic carbocycles. The van der Waals surface area contributed by atoms with Crippen LogP contribution in [-0.2, 0) is 23.1 Å². The number of hydrogen-bond acceptors (Lipinski definition) is 11. The van der Waals surface area contributed by atoms with Gasteiger partial charge < -0.3 is 40.6 Å². The number of nitrogen functional groups attached to an aromatic ring is 1. The number of anilines is 1. The third kappa shape index (κ3) is 12.4. The fourth-order valence-corrected chi connectivity index (χ4v) is 6.56. The van der Waals surface area contributed by atoms with Crippen molar-refractivity contribution in [1.29, 1.82) is 0 Å². The lowest BCUT2D eigenvalue weighted by Gasteiger charge is -2.18. The molecule has 3 heterocycles. The molecule has 0 bridgehead atoms. The molecule has 3 rings (SSSR count). The lowest BCUT2D eigenvalue weighted by Crippen LogP contribution is -2.33. The van der Waals surface area contributed by atoms with E-state index in [1.165, 1.54) is 94.1 Å². The highest BCUT2D eigenvalue weighted by Crippen LogP contribution is 2.44. The number of phosphoric ester groups is 1. The van der Waals surface area contributed by atoms with Gasteiger partial charge in [0.05, 0.1) is 18.6 Å². The minimum Gasteiger partial charge on any atom is -0.389 e. The summed E-state index contributed by atoms with van der Waals surface area (Å²) in [4.78, 5) is 18.3. The van der Waals surface area contributed by atoms with Crippen LogP contribution in [0.15, 0.2) is 12.5 Å². The minimum absolute atomic E-state index is 0.0376. The predicted molar refractivity (Wildman–Crippen MR) is 181 cm³/mol. The number of rotatable bonds is 25. The van der Waals surface area contributed by atoms with Crippen LogP contribution in [-0.4, -0.2) is 79.4 Å². The standard InChI is InChI=1S/C31H54N5O8PS/c1-2-3-4-5-6-7-8-9-10-11-12-13-14-15-17-41-18-16-19-42-45(39,40)43-21-24-26(37)27(38)31(44-24)36-20-23(29(33)46)25-28(32)34-22-35-30(25)36/h20,22,24,26-27,31,37-38H,2-19,21H2,1H3,(H2,33,46)(H,39,40)(H2,32,34,35)/t24-,26-,27-,31-/m1/s1. The molecule has 0 spiro atoms. The molecular formula is C31H54N5O8PS. The van der Waals surface area contributed by atoms with Gasteiger partial charge >= 0.3 is 7.82 Å². The number of thiocarbonyl (C=S) groups is 1. The summed E-state index contributed by atoms with van der Waals surface area (Å²) in [5, 5.41) is 21.7. The van der Waals surface area contributed by atoms with Crippen LogP contribution in [0.5, 0.6) is 0 Å². The van der Waals surface area contributed by atoms with Crippen LogP contribution < -0.4 is 11.5 Å². The van der Waals surface area contributed by atoms with Crippen molar-refractivity contribution in [3.05, 3.63) is 18.1 Å². The Labute approximate surface area is 278 Å². The molecule has 0 aromatic carbocycles. The van der Waals surface area contributed by atoms with Gasteiger partial charge in [-0.25, -0.2) is 14.5 Å². The zero-order chi connectivity index (χ0) is 33.4. The van der Waals surface area contributed by atoms with E-state index < -0.39 is 39.0 Å². The second kappa shape index (κ2) is 20.6. The molecule has 7 N–H and O–H groups in total.